The van der Waals surface area contributed by atoms with Gasteiger partial charge in [0, 0.05) is 11.5 Å². The molecule has 11 heavy (non-hydrogen) atoms. The molecule has 0 aromatic heterocycles. The maximum atomic E-state index is 10.1. The minimum Gasteiger partial charge on any atom is -0.275 e. The van der Waals surface area contributed by atoms with E-state index < -0.39 is 0 Å². The standard InChI is InChI=1S/C8H16ClOP/c1-2-3-4-5-8(9)6-7-11-10/h8H,2-7H2,1H3. The van der Waals surface area contributed by atoms with Crippen LogP contribution in [-0.4, -0.2) is 11.5 Å². The lowest BCUT2D eigenvalue weighted by Crippen LogP contribution is -1.98. The molecule has 0 amide bonds. The van der Waals surface area contributed by atoms with Gasteiger partial charge in [-0.2, -0.15) is 0 Å². The van der Waals surface area contributed by atoms with Gasteiger partial charge in [-0.1, -0.05) is 26.2 Å². The zero-order valence-electron chi connectivity index (χ0n) is 7.05. The van der Waals surface area contributed by atoms with Crippen molar-refractivity contribution in [1.29, 1.82) is 0 Å². The Morgan fingerprint density at radius 2 is 2.09 bits per heavy atom. The third-order valence-electron chi connectivity index (χ3n) is 1.65. The maximum Gasteiger partial charge on any atom is 0.155 e. The predicted octanol–water partition coefficient (Wildman–Crippen LogP) is 3.86. The van der Waals surface area contributed by atoms with E-state index in [0.717, 1.165) is 12.8 Å². The second-order valence-electron chi connectivity index (χ2n) is 2.73. The Morgan fingerprint density at radius 3 is 2.64 bits per heavy atom. The van der Waals surface area contributed by atoms with Crippen LogP contribution in [0.2, 0.25) is 0 Å². The zero-order valence-corrected chi connectivity index (χ0v) is 8.70. The number of hydrogen-bond donors (Lipinski definition) is 0. The van der Waals surface area contributed by atoms with Crippen molar-refractivity contribution >= 4 is 20.1 Å². The van der Waals surface area contributed by atoms with E-state index in [0.29, 0.717) is 6.16 Å². The van der Waals surface area contributed by atoms with Gasteiger partial charge < -0.3 is 0 Å². The molecule has 1 atom stereocenters. The Morgan fingerprint density at radius 1 is 1.36 bits per heavy atom. The molecule has 0 heterocycles. The summed E-state index contributed by atoms with van der Waals surface area (Å²) in [7, 11) is 0.228. The topological polar surface area (TPSA) is 17.1 Å². The highest BCUT2D eigenvalue weighted by Crippen LogP contribution is 2.14. The van der Waals surface area contributed by atoms with Crippen molar-refractivity contribution in [2.45, 2.75) is 44.4 Å². The van der Waals surface area contributed by atoms with E-state index >= 15 is 0 Å². The Labute approximate surface area is 75.7 Å². The first-order valence-corrected chi connectivity index (χ1v) is 5.67. The van der Waals surface area contributed by atoms with Crippen LogP contribution in [0.4, 0.5) is 0 Å². The number of hydrogen-bond acceptors (Lipinski definition) is 1. The number of unbranched alkanes of at least 4 members (excludes halogenated alkanes) is 2. The smallest absolute Gasteiger partial charge is 0.155 e. The fraction of sp³-hybridized carbons (Fsp3) is 1.00. The molecule has 0 aliphatic rings. The Bertz CT molecular complexity index is 98.1. The van der Waals surface area contributed by atoms with Gasteiger partial charge in [-0.25, -0.2) is 0 Å². The van der Waals surface area contributed by atoms with Crippen LogP contribution in [0.15, 0.2) is 0 Å². The van der Waals surface area contributed by atoms with Crippen LogP contribution in [-0.2, 0) is 4.57 Å². The first-order valence-electron chi connectivity index (χ1n) is 4.24. The number of halogens is 1. The molecule has 0 spiro atoms. The van der Waals surface area contributed by atoms with Crippen molar-refractivity contribution in [1.82, 2.24) is 0 Å². The van der Waals surface area contributed by atoms with E-state index in [1.54, 1.807) is 0 Å². The average Bonchev–Trinajstić information content (AvgIpc) is 2.01. The minimum absolute atomic E-state index is 0.228. The second kappa shape index (κ2) is 8.49. The van der Waals surface area contributed by atoms with E-state index in [-0.39, 0.29) is 13.8 Å². The highest BCUT2D eigenvalue weighted by Gasteiger charge is 2.02. The molecule has 0 saturated heterocycles. The fourth-order valence-corrected chi connectivity index (χ4v) is 1.79. The summed E-state index contributed by atoms with van der Waals surface area (Å²) < 4.78 is 10.1. The van der Waals surface area contributed by atoms with E-state index in [4.69, 9.17) is 11.6 Å². The predicted molar refractivity (Wildman–Crippen MR) is 50.9 cm³/mol. The summed E-state index contributed by atoms with van der Waals surface area (Å²) in [4.78, 5) is 0. The number of rotatable bonds is 7. The summed E-state index contributed by atoms with van der Waals surface area (Å²) in [6.07, 6.45) is 6.38. The van der Waals surface area contributed by atoms with Crippen molar-refractivity contribution in [2.24, 2.45) is 0 Å². The van der Waals surface area contributed by atoms with Gasteiger partial charge in [0.05, 0.1) is 0 Å². The van der Waals surface area contributed by atoms with Crippen molar-refractivity contribution in [3.63, 3.8) is 0 Å². The maximum absolute atomic E-state index is 10.1. The second-order valence-corrected chi connectivity index (χ2v) is 4.06. The monoisotopic (exact) mass is 194 g/mol. The highest BCUT2D eigenvalue weighted by atomic mass is 35.5. The Kier molecular flexibility index (Phi) is 8.79. The third kappa shape index (κ3) is 8.29. The lowest BCUT2D eigenvalue weighted by atomic mass is 10.1. The van der Waals surface area contributed by atoms with E-state index in [9.17, 15) is 4.57 Å². The summed E-state index contributed by atoms with van der Waals surface area (Å²) >= 11 is 5.95. The van der Waals surface area contributed by atoms with Gasteiger partial charge in [0.25, 0.3) is 0 Å². The molecule has 1 nitrogen and oxygen atoms in total. The first kappa shape index (κ1) is 11.4. The molecule has 1 unspecified atom stereocenters. The van der Waals surface area contributed by atoms with Gasteiger partial charge in [-0.05, 0) is 12.8 Å². The Balaban J connectivity index is 3.08. The normalized spacial score (nSPS) is 13.6. The molecular formula is C8H16ClOP. The molecule has 0 bridgehead atoms. The molecule has 0 saturated carbocycles. The molecule has 66 valence electrons. The largest absolute Gasteiger partial charge is 0.275 e. The van der Waals surface area contributed by atoms with Crippen molar-refractivity contribution < 1.29 is 4.57 Å². The van der Waals surface area contributed by atoms with Gasteiger partial charge in [0.2, 0.25) is 0 Å². The lowest BCUT2D eigenvalue weighted by Gasteiger charge is -2.04. The lowest BCUT2D eigenvalue weighted by molar-refractivity contribution is 0.592. The molecule has 0 radical (unpaired) electrons. The molecule has 3 heteroatoms. The highest BCUT2D eigenvalue weighted by molar-refractivity contribution is 7.23. The zero-order chi connectivity index (χ0) is 8.53. The van der Waals surface area contributed by atoms with E-state index in [1.807, 2.05) is 0 Å². The van der Waals surface area contributed by atoms with Gasteiger partial charge in [-0.15, -0.1) is 11.6 Å². The van der Waals surface area contributed by atoms with Crippen LogP contribution in [0.25, 0.3) is 0 Å². The van der Waals surface area contributed by atoms with Crippen LogP contribution < -0.4 is 0 Å². The molecule has 0 N–H and O–H groups in total. The van der Waals surface area contributed by atoms with Gasteiger partial charge in [0.15, 0.2) is 8.46 Å². The van der Waals surface area contributed by atoms with E-state index in [2.05, 4.69) is 6.92 Å². The summed E-state index contributed by atoms with van der Waals surface area (Å²) in [5.41, 5.74) is 0. The van der Waals surface area contributed by atoms with Crippen molar-refractivity contribution in [3.8, 4) is 0 Å². The van der Waals surface area contributed by atoms with Crippen molar-refractivity contribution in [3.05, 3.63) is 0 Å². The molecule has 0 fully saturated rings. The molecular weight excluding hydrogens is 179 g/mol. The van der Waals surface area contributed by atoms with Crippen LogP contribution in [0.5, 0.6) is 0 Å². The quantitative estimate of drug-likeness (QED) is 0.342. The molecule has 0 rings (SSSR count). The van der Waals surface area contributed by atoms with Crippen LogP contribution in [0, 0.1) is 0 Å². The van der Waals surface area contributed by atoms with Gasteiger partial charge in [-0.3, -0.25) is 4.57 Å². The summed E-state index contributed by atoms with van der Waals surface area (Å²) in [5.74, 6) is 0. The SMILES string of the molecule is CCCCCC(Cl)CCP=O. The average molecular weight is 195 g/mol. The summed E-state index contributed by atoms with van der Waals surface area (Å²) in [6, 6.07) is 0. The van der Waals surface area contributed by atoms with E-state index in [1.165, 1.54) is 19.3 Å². The molecule has 0 aliphatic heterocycles. The van der Waals surface area contributed by atoms with Gasteiger partial charge >= 0.3 is 0 Å². The molecule has 0 aliphatic carbocycles. The third-order valence-corrected chi connectivity index (χ3v) is 2.53. The van der Waals surface area contributed by atoms with Gasteiger partial charge in [0.1, 0.15) is 0 Å². The molecule has 0 aromatic carbocycles. The van der Waals surface area contributed by atoms with Crippen LogP contribution >= 0.6 is 20.1 Å². The van der Waals surface area contributed by atoms with Crippen LogP contribution in [0.1, 0.15) is 39.0 Å². The number of alkyl halides is 1. The summed E-state index contributed by atoms with van der Waals surface area (Å²) in [6.45, 7) is 2.18. The fourth-order valence-electron chi connectivity index (χ4n) is 0.953. The summed E-state index contributed by atoms with van der Waals surface area (Å²) in [5, 5.41) is 0.239. The minimum atomic E-state index is 0.228. The first-order chi connectivity index (χ1) is 5.31. The molecule has 0 aromatic rings. The van der Waals surface area contributed by atoms with Crippen molar-refractivity contribution in [2.75, 3.05) is 6.16 Å². The Hall–Kier alpha value is 0.390. The van der Waals surface area contributed by atoms with Crippen LogP contribution in [0.3, 0.4) is 0 Å².